The van der Waals surface area contributed by atoms with E-state index >= 15 is 0 Å². The lowest BCUT2D eigenvalue weighted by Crippen LogP contribution is -2.23. The molecule has 0 aliphatic carbocycles. The smallest absolute Gasteiger partial charge is 0.335 e. The number of hydrogen-bond acceptors (Lipinski definition) is 4. The predicted molar refractivity (Wildman–Crippen MR) is 74.3 cm³/mol. The van der Waals surface area contributed by atoms with Gasteiger partial charge in [0.25, 0.3) is 5.91 Å². The van der Waals surface area contributed by atoms with Gasteiger partial charge in [-0.2, -0.15) is 0 Å². The molecule has 0 fully saturated rings. The summed E-state index contributed by atoms with van der Waals surface area (Å²) in [4.78, 5) is 30.6. The Balaban J connectivity index is 2.01. The van der Waals surface area contributed by atoms with Crippen molar-refractivity contribution in [3.05, 3.63) is 58.1 Å². The monoisotopic (exact) mass is 335 g/mol. The fourth-order valence-electron chi connectivity index (χ4n) is 1.49. The van der Waals surface area contributed by atoms with Gasteiger partial charge in [0.1, 0.15) is 4.60 Å². The van der Waals surface area contributed by atoms with E-state index in [1.807, 2.05) is 0 Å². The Morgan fingerprint density at radius 3 is 2.65 bits per heavy atom. The van der Waals surface area contributed by atoms with Gasteiger partial charge >= 0.3 is 5.97 Å². The minimum Gasteiger partial charge on any atom is -0.478 e. The number of carboxylic acids is 1. The molecule has 6 nitrogen and oxygen atoms in total. The number of aromatic nitrogens is 2. The first-order chi connectivity index (χ1) is 9.56. The number of carbonyl (C=O) groups is 2. The number of pyridine rings is 2. The van der Waals surface area contributed by atoms with E-state index in [0.717, 1.165) is 0 Å². The minimum absolute atomic E-state index is 0.134. The first-order valence-electron chi connectivity index (χ1n) is 5.64. The maximum Gasteiger partial charge on any atom is 0.335 e. The molecule has 0 saturated heterocycles. The molecule has 0 spiro atoms. The summed E-state index contributed by atoms with van der Waals surface area (Å²) >= 11 is 3.18. The third-order valence-corrected chi connectivity index (χ3v) is 2.95. The van der Waals surface area contributed by atoms with E-state index in [4.69, 9.17) is 5.11 Å². The summed E-state index contributed by atoms with van der Waals surface area (Å²) in [5, 5.41) is 11.5. The van der Waals surface area contributed by atoms with Gasteiger partial charge < -0.3 is 10.4 Å². The molecular weight excluding hydrogens is 326 g/mol. The van der Waals surface area contributed by atoms with Gasteiger partial charge in [-0.3, -0.25) is 9.78 Å². The molecule has 0 radical (unpaired) electrons. The lowest BCUT2D eigenvalue weighted by atomic mass is 10.2. The number of nitrogens with zero attached hydrogens (tertiary/aromatic N) is 2. The van der Waals surface area contributed by atoms with Crippen molar-refractivity contribution < 1.29 is 14.7 Å². The van der Waals surface area contributed by atoms with Crippen molar-refractivity contribution in [2.75, 3.05) is 0 Å². The van der Waals surface area contributed by atoms with Crippen molar-refractivity contribution in [3.63, 3.8) is 0 Å². The van der Waals surface area contributed by atoms with Crippen molar-refractivity contribution in [2.45, 2.75) is 6.54 Å². The van der Waals surface area contributed by atoms with Gasteiger partial charge in [0.15, 0.2) is 0 Å². The summed E-state index contributed by atoms with van der Waals surface area (Å²) in [6.07, 6.45) is 2.84. The molecule has 0 bridgehead atoms. The highest BCUT2D eigenvalue weighted by Gasteiger charge is 2.08. The molecule has 0 saturated carbocycles. The molecule has 7 heteroatoms. The van der Waals surface area contributed by atoms with E-state index in [-0.39, 0.29) is 18.0 Å². The standard InChI is InChI=1S/C13H10BrN3O3/c14-11-2-1-9(6-16-11)12(18)17-7-10-5-8(13(19)20)3-4-15-10/h1-6H,7H2,(H,17,18)(H,19,20). The van der Waals surface area contributed by atoms with Gasteiger partial charge in [-0.1, -0.05) is 0 Å². The van der Waals surface area contributed by atoms with Gasteiger partial charge in [-0.25, -0.2) is 9.78 Å². The quantitative estimate of drug-likeness (QED) is 0.832. The number of carbonyl (C=O) groups excluding carboxylic acids is 1. The number of rotatable bonds is 4. The van der Waals surface area contributed by atoms with Crippen LogP contribution in [0.1, 0.15) is 26.4 Å². The lowest BCUT2D eigenvalue weighted by molar-refractivity contribution is 0.0696. The first-order valence-corrected chi connectivity index (χ1v) is 6.43. The second kappa shape index (κ2) is 6.25. The van der Waals surface area contributed by atoms with Crippen LogP contribution in [0.5, 0.6) is 0 Å². The Morgan fingerprint density at radius 2 is 2.00 bits per heavy atom. The summed E-state index contributed by atoms with van der Waals surface area (Å²) in [7, 11) is 0. The van der Waals surface area contributed by atoms with Crippen LogP contribution >= 0.6 is 15.9 Å². The molecule has 0 aromatic carbocycles. The summed E-state index contributed by atoms with van der Waals surface area (Å²) in [6, 6.07) is 6.11. The number of aromatic carboxylic acids is 1. The van der Waals surface area contributed by atoms with Crippen LogP contribution in [0.3, 0.4) is 0 Å². The van der Waals surface area contributed by atoms with Crippen molar-refractivity contribution in [3.8, 4) is 0 Å². The number of nitrogens with one attached hydrogen (secondary N) is 1. The van der Waals surface area contributed by atoms with Crippen LogP contribution in [0.25, 0.3) is 0 Å². The number of hydrogen-bond donors (Lipinski definition) is 2. The summed E-state index contributed by atoms with van der Waals surface area (Å²) < 4.78 is 0.643. The Labute approximate surface area is 123 Å². The average Bonchev–Trinajstić information content (AvgIpc) is 2.46. The third kappa shape index (κ3) is 3.61. The van der Waals surface area contributed by atoms with E-state index in [2.05, 4.69) is 31.2 Å². The van der Waals surface area contributed by atoms with E-state index in [9.17, 15) is 9.59 Å². The molecule has 0 aliphatic heterocycles. The molecule has 0 aliphatic rings. The van der Waals surface area contributed by atoms with Crippen molar-refractivity contribution >= 4 is 27.8 Å². The highest BCUT2D eigenvalue weighted by molar-refractivity contribution is 9.10. The number of amides is 1. The molecule has 0 unspecified atom stereocenters. The fourth-order valence-corrected chi connectivity index (χ4v) is 1.73. The second-order valence-electron chi connectivity index (χ2n) is 3.89. The zero-order chi connectivity index (χ0) is 14.5. The molecule has 102 valence electrons. The topological polar surface area (TPSA) is 92.2 Å². The van der Waals surface area contributed by atoms with E-state index < -0.39 is 5.97 Å². The van der Waals surface area contributed by atoms with Crippen LogP contribution in [-0.2, 0) is 6.54 Å². The highest BCUT2D eigenvalue weighted by atomic mass is 79.9. The Morgan fingerprint density at radius 1 is 1.20 bits per heavy atom. The molecule has 2 aromatic rings. The zero-order valence-electron chi connectivity index (χ0n) is 10.2. The summed E-state index contributed by atoms with van der Waals surface area (Å²) in [6.45, 7) is 0.149. The molecule has 1 amide bonds. The molecule has 2 N–H and O–H groups in total. The largest absolute Gasteiger partial charge is 0.478 e. The first kappa shape index (κ1) is 14.1. The summed E-state index contributed by atoms with van der Waals surface area (Å²) in [5.74, 6) is -1.33. The van der Waals surface area contributed by atoms with Crippen LogP contribution in [-0.4, -0.2) is 27.0 Å². The number of halogens is 1. The zero-order valence-corrected chi connectivity index (χ0v) is 11.8. The van der Waals surface area contributed by atoms with E-state index in [0.29, 0.717) is 15.9 Å². The van der Waals surface area contributed by atoms with Crippen molar-refractivity contribution in [2.24, 2.45) is 0 Å². The van der Waals surface area contributed by atoms with Crippen molar-refractivity contribution in [1.82, 2.24) is 15.3 Å². The van der Waals surface area contributed by atoms with Crippen LogP contribution in [0.2, 0.25) is 0 Å². The SMILES string of the molecule is O=C(O)c1ccnc(CNC(=O)c2ccc(Br)nc2)c1. The van der Waals surface area contributed by atoms with Gasteiger partial charge in [0.05, 0.1) is 23.4 Å². The van der Waals surface area contributed by atoms with Crippen LogP contribution < -0.4 is 5.32 Å². The van der Waals surface area contributed by atoms with Crippen LogP contribution in [0.4, 0.5) is 0 Å². The van der Waals surface area contributed by atoms with E-state index in [1.54, 1.807) is 12.1 Å². The van der Waals surface area contributed by atoms with Crippen LogP contribution in [0, 0.1) is 0 Å². The van der Waals surface area contributed by atoms with Gasteiger partial charge in [-0.05, 0) is 40.2 Å². The summed E-state index contributed by atoms with van der Waals surface area (Å²) in [5.41, 5.74) is 1.03. The maximum atomic E-state index is 11.8. The minimum atomic E-state index is -1.03. The van der Waals surface area contributed by atoms with Crippen molar-refractivity contribution in [1.29, 1.82) is 0 Å². The van der Waals surface area contributed by atoms with E-state index in [1.165, 1.54) is 24.5 Å². The van der Waals surface area contributed by atoms with Gasteiger partial charge in [-0.15, -0.1) is 0 Å². The fraction of sp³-hybridized carbons (Fsp3) is 0.0769. The molecule has 20 heavy (non-hydrogen) atoms. The molecule has 2 rings (SSSR count). The Kier molecular flexibility index (Phi) is 4.41. The third-order valence-electron chi connectivity index (χ3n) is 2.48. The van der Waals surface area contributed by atoms with Crippen LogP contribution in [0.15, 0.2) is 41.3 Å². The molecule has 2 heterocycles. The Hall–Kier alpha value is -2.28. The molecule has 0 atom stereocenters. The average molecular weight is 336 g/mol. The predicted octanol–water partition coefficient (Wildman–Crippen LogP) is 1.87. The van der Waals surface area contributed by atoms with Gasteiger partial charge in [0, 0.05) is 12.4 Å². The highest BCUT2D eigenvalue weighted by Crippen LogP contribution is 2.07. The maximum absolute atomic E-state index is 11.8. The molecule has 2 aromatic heterocycles. The Bertz CT molecular complexity index is 644. The second-order valence-corrected chi connectivity index (χ2v) is 4.71. The van der Waals surface area contributed by atoms with Gasteiger partial charge in [0.2, 0.25) is 0 Å². The number of carboxylic acid groups (broad SMARTS) is 1. The lowest BCUT2D eigenvalue weighted by Gasteiger charge is -2.05. The normalized spacial score (nSPS) is 10.1. The molecular formula is C13H10BrN3O3.